The molecule has 0 spiro atoms. The maximum absolute atomic E-state index is 11.6. The number of hydrogen-bond donors (Lipinski definition) is 0. The summed E-state index contributed by atoms with van der Waals surface area (Å²) in [5.41, 5.74) is 1.62. The van der Waals surface area contributed by atoms with Crippen LogP contribution in [0.25, 0.3) is 5.65 Å². The largest absolute Gasteiger partial charge is 0.461 e. The predicted octanol–water partition coefficient (Wildman–Crippen LogP) is 2.47. The minimum Gasteiger partial charge on any atom is -0.461 e. The Bertz CT molecular complexity index is 548. The highest BCUT2D eigenvalue weighted by Gasteiger charge is 2.17. The van der Waals surface area contributed by atoms with Crippen LogP contribution in [0.2, 0.25) is 5.02 Å². The summed E-state index contributed by atoms with van der Waals surface area (Å²) in [7, 11) is 0. The van der Waals surface area contributed by atoms with Crippen LogP contribution < -0.4 is 0 Å². The minimum absolute atomic E-state index is 0.315. The lowest BCUT2D eigenvalue weighted by Crippen LogP contribution is -2.06. The van der Waals surface area contributed by atoms with Crippen LogP contribution >= 0.6 is 11.6 Å². The van der Waals surface area contributed by atoms with Crippen LogP contribution in [0.1, 0.15) is 23.1 Å². The topological polar surface area (TPSA) is 43.6 Å². The number of fused-ring (bicyclic) bond motifs is 1. The monoisotopic (exact) mass is 238 g/mol. The molecule has 0 amide bonds. The molecule has 0 aliphatic heterocycles. The first-order valence-electron chi connectivity index (χ1n) is 4.95. The zero-order chi connectivity index (χ0) is 11.7. The van der Waals surface area contributed by atoms with E-state index in [4.69, 9.17) is 16.3 Å². The SMILES string of the molecule is CCOC(=O)c1nc2c(Cl)cccn2c1C. The van der Waals surface area contributed by atoms with Crippen LogP contribution in [0.3, 0.4) is 0 Å². The number of nitrogens with zero attached hydrogens (tertiary/aromatic N) is 2. The summed E-state index contributed by atoms with van der Waals surface area (Å²) < 4.78 is 6.69. The number of ether oxygens (including phenoxy) is 1. The van der Waals surface area contributed by atoms with Crippen LogP contribution in [-0.4, -0.2) is 22.0 Å². The lowest BCUT2D eigenvalue weighted by molar-refractivity contribution is 0.0519. The molecule has 2 aromatic heterocycles. The third-order valence-electron chi connectivity index (χ3n) is 2.31. The Kier molecular flexibility index (Phi) is 2.83. The highest BCUT2D eigenvalue weighted by molar-refractivity contribution is 6.33. The minimum atomic E-state index is -0.417. The average molecular weight is 239 g/mol. The first kappa shape index (κ1) is 11.0. The smallest absolute Gasteiger partial charge is 0.358 e. The van der Waals surface area contributed by atoms with Crippen molar-refractivity contribution in [2.45, 2.75) is 13.8 Å². The molecule has 0 unspecified atom stereocenters. The number of halogens is 1. The molecule has 0 saturated heterocycles. The molecule has 2 rings (SSSR count). The Labute approximate surface area is 97.8 Å². The third kappa shape index (κ3) is 1.65. The van der Waals surface area contributed by atoms with Crippen molar-refractivity contribution in [3.8, 4) is 0 Å². The Morgan fingerprint density at radius 1 is 1.62 bits per heavy atom. The van der Waals surface area contributed by atoms with Crippen molar-refractivity contribution in [2.75, 3.05) is 6.61 Å². The summed E-state index contributed by atoms with van der Waals surface area (Å²) in [4.78, 5) is 15.8. The molecule has 0 atom stereocenters. The Hall–Kier alpha value is -1.55. The van der Waals surface area contributed by atoms with Gasteiger partial charge in [0.25, 0.3) is 0 Å². The Morgan fingerprint density at radius 2 is 2.38 bits per heavy atom. The van der Waals surface area contributed by atoms with Gasteiger partial charge in [-0.05, 0) is 26.0 Å². The maximum Gasteiger partial charge on any atom is 0.358 e. The van der Waals surface area contributed by atoms with Gasteiger partial charge in [0.05, 0.1) is 17.3 Å². The molecule has 84 valence electrons. The van der Waals surface area contributed by atoms with E-state index in [1.165, 1.54) is 0 Å². The van der Waals surface area contributed by atoms with Gasteiger partial charge in [0.1, 0.15) is 0 Å². The van der Waals surface area contributed by atoms with E-state index in [1.807, 2.05) is 13.1 Å². The predicted molar refractivity (Wildman–Crippen MR) is 60.9 cm³/mol. The summed E-state index contributed by atoms with van der Waals surface area (Å²) in [6.45, 7) is 3.90. The number of esters is 1. The molecule has 0 N–H and O–H groups in total. The zero-order valence-corrected chi connectivity index (χ0v) is 9.78. The lowest BCUT2D eigenvalue weighted by Gasteiger charge is -1.99. The lowest BCUT2D eigenvalue weighted by atomic mass is 10.3. The first-order valence-corrected chi connectivity index (χ1v) is 5.33. The van der Waals surface area contributed by atoms with Crippen LogP contribution in [0.4, 0.5) is 0 Å². The second-order valence-electron chi connectivity index (χ2n) is 3.32. The van der Waals surface area contributed by atoms with Gasteiger partial charge in [-0.15, -0.1) is 0 Å². The first-order chi connectivity index (χ1) is 7.65. The molecule has 2 aromatic rings. The van der Waals surface area contributed by atoms with Gasteiger partial charge in [0.15, 0.2) is 11.3 Å². The second kappa shape index (κ2) is 4.14. The van der Waals surface area contributed by atoms with Crippen molar-refractivity contribution in [3.63, 3.8) is 0 Å². The van der Waals surface area contributed by atoms with Gasteiger partial charge < -0.3 is 9.14 Å². The van der Waals surface area contributed by atoms with Crippen molar-refractivity contribution < 1.29 is 9.53 Å². The van der Waals surface area contributed by atoms with Crippen molar-refractivity contribution in [3.05, 3.63) is 34.7 Å². The zero-order valence-electron chi connectivity index (χ0n) is 9.03. The van der Waals surface area contributed by atoms with Gasteiger partial charge in [-0.25, -0.2) is 9.78 Å². The van der Waals surface area contributed by atoms with Crippen molar-refractivity contribution in [1.82, 2.24) is 9.38 Å². The molecule has 0 aliphatic rings. The normalized spacial score (nSPS) is 10.7. The van der Waals surface area contributed by atoms with Gasteiger partial charge in [-0.2, -0.15) is 0 Å². The summed E-state index contributed by atoms with van der Waals surface area (Å²) in [5, 5.41) is 0.515. The summed E-state index contributed by atoms with van der Waals surface area (Å²) in [5.74, 6) is -0.417. The van der Waals surface area contributed by atoms with Crippen LogP contribution in [0.5, 0.6) is 0 Å². The van der Waals surface area contributed by atoms with Gasteiger partial charge in [0, 0.05) is 6.20 Å². The van der Waals surface area contributed by atoms with Crippen molar-refractivity contribution in [2.24, 2.45) is 0 Å². The van der Waals surface area contributed by atoms with E-state index in [2.05, 4.69) is 4.98 Å². The standard InChI is InChI=1S/C11H11ClN2O2/c1-3-16-11(15)9-7(2)14-6-4-5-8(12)10(14)13-9/h4-6H,3H2,1-2H3. The fraction of sp³-hybridized carbons (Fsp3) is 0.273. The molecule has 5 heteroatoms. The molecule has 0 saturated carbocycles. The van der Waals surface area contributed by atoms with E-state index in [-0.39, 0.29) is 0 Å². The van der Waals surface area contributed by atoms with Gasteiger partial charge >= 0.3 is 5.97 Å². The third-order valence-corrected chi connectivity index (χ3v) is 2.61. The van der Waals surface area contributed by atoms with E-state index < -0.39 is 5.97 Å². The van der Waals surface area contributed by atoms with E-state index in [9.17, 15) is 4.79 Å². The number of carbonyl (C=O) groups is 1. The fourth-order valence-electron chi connectivity index (χ4n) is 1.55. The average Bonchev–Trinajstić information content (AvgIpc) is 2.59. The summed E-state index contributed by atoms with van der Waals surface area (Å²) in [6.07, 6.45) is 1.81. The van der Waals surface area contributed by atoms with Gasteiger partial charge in [0.2, 0.25) is 0 Å². The number of aryl methyl sites for hydroxylation is 1. The maximum atomic E-state index is 11.6. The van der Waals surface area contributed by atoms with Crippen molar-refractivity contribution >= 4 is 23.2 Å². The molecule has 0 fully saturated rings. The summed E-state index contributed by atoms with van der Waals surface area (Å²) in [6, 6.07) is 3.54. The molecular weight excluding hydrogens is 228 g/mol. The van der Waals surface area contributed by atoms with Crippen LogP contribution in [-0.2, 0) is 4.74 Å². The molecule has 0 bridgehead atoms. The van der Waals surface area contributed by atoms with E-state index >= 15 is 0 Å². The van der Waals surface area contributed by atoms with Crippen LogP contribution in [0.15, 0.2) is 18.3 Å². The summed E-state index contributed by atoms with van der Waals surface area (Å²) >= 11 is 5.99. The molecular formula is C11H11ClN2O2. The molecule has 16 heavy (non-hydrogen) atoms. The van der Waals surface area contributed by atoms with Crippen LogP contribution in [0, 0.1) is 6.92 Å². The second-order valence-corrected chi connectivity index (χ2v) is 3.72. The number of hydrogen-bond acceptors (Lipinski definition) is 3. The number of rotatable bonds is 2. The number of carbonyl (C=O) groups excluding carboxylic acids is 1. The quantitative estimate of drug-likeness (QED) is 0.755. The number of aromatic nitrogens is 2. The highest BCUT2D eigenvalue weighted by Crippen LogP contribution is 2.19. The van der Waals surface area contributed by atoms with E-state index in [1.54, 1.807) is 23.5 Å². The van der Waals surface area contributed by atoms with Gasteiger partial charge in [-0.3, -0.25) is 0 Å². The Balaban J connectivity index is 2.60. The van der Waals surface area contributed by atoms with E-state index in [0.29, 0.717) is 23.0 Å². The molecule has 4 nitrogen and oxygen atoms in total. The molecule has 0 aliphatic carbocycles. The number of imidazole rings is 1. The number of pyridine rings is 1. The Morgan fingerprint density at radius 3 is 3.00 bits per heavy atom. The fourth-order valence-corrected chi connectivity index (χ4v) is 1.75. The molecule has 0 radical (unpaired) electrons. The van der Waals surface area contributed by atoms with Gasteiger partial charge in [-0.1, -0.05) is 11.6 Å². The van der Waals surface area contributed by atoms with E-state index in [0.717, 1.165) is 5.69 Å². The molecule has 2 heterocycles. The van der Waals surface area contributed by atoms with Crippen molar-refractivity contribution in [1.29, 1.82) is 0 Å². The molecule has 0 aromatic carbocycles. The highest BCUT2D eigenvalue weighted by atomic mass is 35.5.